The molecule has 0 aliphatic carbocycles. The zero-order valence-electron chi connectivity index (χ0n) is 11.2. The highest BCUT2D eigenvalue weighted by Gasteiger charge is 2.22. The molecule has 100 valence electrons. The summed E-state index contributed by atoms with van der Waals surface area (Å²) < 4.78 is 18.5. The van der Waals surface area contributed by atoms with Gasteiger partial charge in [-0.05, 0) is 43.9 Å². The molecule has 1 aliphatic rings. The average molecular weight is 251 g/mol. The fourth-order valence-corrected chi connectivity index (χ4v) is 2.52. The lowest BCUT2D eigenvalue weighted by Crippen LogP contribution is -2.39. The second kappa shape index (κ2) is 6.30. The van der Waals surface area contributed by atoms with Crippen molar-refractivity contribution in [1.82, 2.24) is 5.32 Å². The van der Waals surface area contributed by atoms with Crippen molar-refractivity contribution < 1.29 is 9.13 Å². The first-order valence-electron chi connectivity index (χ1n) is 6.82. The maximum Gasteiger partial charge on any atom is 0.123 e. The first-order valence-corrected chi connectivity index (χ1v) is 6.82. The second-order valence-corrected chi connectivity index (χ2v) is 5.06. The Morgan fingerprint density at radius 1 is 1.39 bits per heavy atom. The smallest absolute Gasteiger partial charge is 0.123 e. The zero-order valence-corrected chi connectivity index (χ0v) is 11.2. The zero-order chi connectivity index (χ0) is 13.0. The van der Waals surface area contributed by atoms with Crippen molar-refractivity contribution in [2.45, 2.75) is 51.3 Å². The van der Waals surface area contributed by atoms with Gasteiger partial charge in [-0.15, -0.1) is 0 Å². The van der Waals surface area contributed by atoms with Crippen LogP contribution >= 0.6 is 0 Å². The van der Waals surface area contributed by atoms with E-state index >= 15 is 0 Å². The van der Waals surface area contributed by atoms with Crippen molar-refractivity contribution in [3.8, 4) is 0 Å². The molecule has 3 atom stereocenters. The summed E-state index contributed by atoms with van der Waals surface area (Å²) in [5, 5.41) is 3.62. The lowest BCUT2D eigenvalue weighted by molar-refractivity contribution is -0.00165. The van der Waals surface area contributed by atoms with Crippen LogP contribution in [0.4, 0.5) is 4.39 Å². The topological polar surface area (TPSA) is 21.3 Å². The molecule has 1 aliphatic heterocycles. The van der Waals surface area contributed by atoms with Crippen LogP contribution in [0.2, 0.25) is 0 Å². The highest BCUT2D eigenvalue weighted by atomic mass is 19.1. The highest BCUT2D eigenvalue weighted by Crippen LogP contribution is 2.20. The lowest BCUT2D eigenvalue weighted by atomic mass is 9.99. The average Bonchev–Trinajstić information content (AvgIpc) is 2.39. The summed E-state index contributed by atoms with van der Waals surface area (Å²) >= 11 is 0. The van der Waals surface area contributed by atoms with Crippen LogP contribution in [0.25, 0.3) is 0 Å². The van der Waals surface area contributed by atoms with Crippen LogP contribution in [0, 0.1) is 5.82 Å². The first kappa shape index (κ1) is 13.5. The molecule has 18 heavy (non-hydrogen) atoms. The van der Waals surface area contributed by atoms with E-state index in [1.807, 2.05) is 12.1 Å². The highest BCUT2D eigenvalue weighted by molar-refractivity contribution is 5.19. The number of hydrogen-bond acceptors (Lipinski definition) is 2. The normalized spacial score (nSPS) is 25.9. The summed E-state index contributed by atoms with van der Waals surface area (Å²) in [6.45, 7) is 5.13. The standard InChI is InChI=1S/C15H22FNO/c1-3-15-10-14(8-9-18-15)17-11(2)12-4-6-13(16)7-5-12/h4-7,11,14-15,17H,3,8-10H2,1-2H3/t11-,14?,15?/m1/s1. The van der Waals surface area contributed by atoms with Gasteiger partial charge in [0, 0.05) is 18.7 Å². The second-order valence-electron chi connectivity index (χ2n) is 5.06. The van der Waals surface area contributed by atoms with E-state index in [0.717, 1.165) is 31.4 Å². The SMILES string of the molecule is CCC1CC(N[C@H](C)c2ccc(F)cc2)CCO1. The fraction of sp³-hybridized carbons (Fsp3) is 0.600. The number of ether oxygens (including phenoxy) is 1. The van der Waals surface area contributed by atoms with E-state index in [4.69, 9.17) is 4.74 Å². The Morgan fingerprint density at radius 3 is 2.78 bits per heavy atom. The molecule has 1 heterocycles. The van der Waals surface area contributed by atoms with E-state index < -0.39 is 0 Å². The number of rotatable bonds is 4. The Balaban J connectivity index is 1.90. The number of benzene rings is 1. The summed E-state index contributed by atoms with van der Waals surface area (Å²) in [7, 11) is 0. The van der Waals surface area contributed by atoms with Crippen molar-refractivity contribution in [3.63, 3.8) is 0 Å². The van der Waals surface area contributed by atoms with Crippen LogP contribution in [0.15, 0.2) is 24.3 Å². The Hall–Kier alpha value is -0.930. The van der Waals surface area contributed by atoms with Gasteiger partial charge in [0.2, 0.25) is 0 Å². The van der Waals surface area contributed by atoms with Gasteiger partial charge in [0.25, 0.3) is 0 Å². The third kappa shape index (κ3) is 3.53. The molecule has 0 saturated carbocycles. The van der Waals surface area contributed by atoms with E-state index in [1.54, 1.807) is 0 Å². The van der Waals surface area contributed by atoms with Crippen molar-refractivity contribution >= 4 is 0 Å². The maximum absolute atomic E-state index is 12.9. The van der Waals surface area contributed by atoms with Gasteiger partial charge in [-0.3, -0.25) is 0 Å². The Bertz CT molecular complexity index is 365. The van der Waals surface area contributed by atoms with Crippen molar-refractivity contribution in [2.24, 2.45) is 0 Å². The van der Waals surface area contributed by atoms with E-state index in [9.17, 15) is 4.39 Å². The monoisotopic (exact) mass is 251 g/mol. The Morgan fingerprint density at radius 2 is 2.11 bits per heavy atom. The predicted molar refractivity (Wildman–Crippen MR) is 71.0 cm³/mol. The minimum absolute atomic E-state index is 0.178. The molecular weight excluding hydrogens is 229 g/mol. The number of nitrogens with one attached hydrogen (secondary N) is 1. The maximum atomic E-state index is 12.9. The third-order valence-corrected chi connectivity index (χ3v) is 3.68. The first-order chi connectivity index (χ1) is 8.69. The molecule has 1 aromatic carbocycles. The number of halogens is 1. The van der Waals surface area contributed by atoms with Gasteiger partial charge in [-0.25, -0.2) is 4.39 Å². The molecule has 1 N–H and O–H groups in total. The Kier molecular flexibility index (Phi) is 4.72. The summed E-state index contributed by atoms with van der Waals surface area (Å²) in [6, 6.07) is 7.50. The summed E-state index contributed by atoms with van der Waals surface area (Å²) in [5.74, 6) is -0.178. The summed E-state index contributed by atoms with van der Waals surface area (Å²) in [6.07, 6.45) is 3.59. The van der Waals surface area contributed by atoms with Crippen LogP contribution < -0.4 is 5.32 Å². The van der Waals surface area contributed by atoms with E-state index in [0.29, 0.717) is 12.1 Å². The quantitative estimate of drug-likeness (QED) is 0.885. The van der Waals surface area contributed by atoms with Gasteiger partial charge in [0.1, 0.15) is 5.82 Å². The van der Waals surface area contributed by atoms with Gasteiger partial charge >= 0.3 is 0 Å². The van der Waals surface area contributed by atoms with E-state index in [-0.39, 0.29) is 11.9 Å². The minimum Gasteiger partial charge on any atom is -0.378 e. The van der Waals surface area contributed by atoms with Gasteiger partial charge in [0.15, 0.2) is 0 Å². The van der Waals surface area contributed by atoms with E-state index in [1.165, 1.54) is 12.1 Å². The van der Waals surface area contributed by atoms with Crippen molar-refractivity contribution in [1.29, 1.82) is 0 Å². The van der Waals surface area contributed by atoms with Crippen LogP contribution in [0.3, 0.4) is 0 Å². The molecule has 0 bridgehead atoms. The van der Waals surface area contributed by atoms with Gasteiger partial charge < -0.3 is 10.1 Å². The van der Waals surface area contributed by atoms with Crippen LogP contribution in [-0.2, 0) is 4.74 Å². The molecular formula is C15H22FNO. The fourth-order valence-electron chi connectivity index (χ4n) is 2.52. The predicted octanol–water partition coefficient (Wildman–Crippen LogP) is 3.43. The largest absolute Gasteiger partial charge is 0.378 e. The van der Waals surface area contributed by atoms with Crippen molar-refractivity contribution in [3.05, 3.63) is 35.6 Å². The molecule has 2 nitrogen and oxygen atoms in total. The molecule has 2 rings (SSSR count). The molecule has 0 radical (unpaired) electrons. The molecule has 1 fully saturated rings. The van der Waals surface area contributed by atoms with Crippen LogP contribution in [-0.4, -0.2) is 18.8 Å². The Labute approximate surface area is 109 Å². The number of hydrogen-bond donors (Lipinski definition) is 1. The lowest BCUT2D eigenvalue weighted by Gasteiger charge is -2.31. The molecule has 1 saturated heterocycles. The summed E-state index contributed by atoms with van der Waals surface area (Å²) in [5.41, 5.74) is 1.14. The third-order valence-electron chi connectivity index (χ3n) is 3.68. The van der Waals surface area contributed by atoms with Gasteiger partial charge in [0.05, 0.1) is 6.10 Å². The molecule has 3 heteroatoms. The molecule has 2 unspecified atom stereocenters. The summed E-state index contributed by atoms with van der Waals surface area (Å²) in [4.78, 5) is 0. The molecule has 0 aromatic heterocycles. The van der Waals surface area contributed by atoms with Gasteiger partial charge in [-0.1, -0.05) is 19.1 Å². The van der Waals surface area contributed by atoms with Gasteiger partial charge in [-0.2, -0.15) is 0 Å². The molecule has 0 amide bonds. The molecule has 0 spiro atoms. The minimum atomic E-state index is -0.178. The van der Waals surface area contributed by atoms with Crippen molar-refractivity contribution in [2.75, 3.05) is 6.61 Å². The molecule has 1 aromatic rings. The van der Waals surface area contributed by atoms with E-state index in [2.05, 4.69) is 19.2 Å². The van der Waals surface area contributed by atoms with Crippen LogP contribution in [0.5, 0.6) is 0 Å². The van der Waals surface area contributed by atoms with Crippen LogP contribution in [0.1, 0.15) is 44.7 Å².